The summed E-state index contributed by atoms with van der Waals surface area (Å²) in [6, 6.07) is 9.44. The summed E-state index contributed by atoms with van der Waals surface area (Å²) in [5, 5.41) is 0.794. The van der Waals surface area contributed by atoms with Crippen LogP contribution in [0.1, 0.15) is 0 Å². The topological polar surface area (TPSA) is 59.7 Å². The van der Waals surface area contributed by atoms with Crippen molar-refractivity contribution in [1.82, 2.24) is 0 Å². The molecule has 1 aromatic carbocycles. The van der Waals surface area contributed by atoms with Crippen LogP contribution in [0.25, 0.3) is 0 Å². The predicted octanol–water partition coefficient (Wildman–Crippen LogP) is 5.61. The molecule has 0 atom stereocenters. The van der Waals surface area contributed by atoms with E-state index in [9.17, 15) is 25.2 Å². The molecule has 0 saturated heterocycles. The number of rotatable bonds is 0. The molecule has 0 bridgehead atoms. The van der Waals surface area contributed by atoms with E-state index in [1.807, 2.05) is 30.3 Å². The fraction of sp³-hybridized carbons (Fsp3) is 0. The van der Waals surface area contributed by atoms with Crippen LogP contribution < -0.4 is 0 Å². The van der Waals surface area contributed by atoms with Crippen LogP contribution in [0.2, 0.25) is 5.02 Å². The van der Waals surface area contributed by atoms with E-state index in [1.165, 1.54) is 0 Å². The molecular weight excluding hydrogens is 391 g/mol. The van der Waals surface area contributed by atoms with E-state index in [2.05, 4.69) is 20.0 Å². The van der Waals surface area contributed by atoms with Gasteiger partial charge < -0.3 is 0 Å². The molecule has 12 heteroatoms. The van der Waals surface area contributed by atoms with E-state index >= 15 is 0 Å². The Bertz CT molecular complexity index is 391. The van der Waals surface area contributed by atoms with Crippen molar-refractivity contribution < 1.29 is 56.2 Å². The smallest absolute Gasteiger partial charge is 0 e. The van der Waals surface area contributed by atoms with Crippen LogP contribution >= 0.6 is 19.4 Å². The third kappa shape index (κ3) is 109. The van der Waals surface area contributed by atoms with Gasteiger partial charge in [0.05, 0.1) is 0 Å². The number of halogens is 7. The minimum Gasteiger partial charge on any atom is 0 e. The summed E-state index contributed by atoms with van der Waals surface area (Å²) >= 11 is 5.54. The Labute approximate surface area is 131 Å². The zero-order valence-electron chi connectivity index (χ0n) is 9.58. The minimum atomic E-state index is -10.7. The first-order valence-electron chi connectivity index (χ1n) is 3.73. The second-order valence-corrected chi connectivity index (χ2v) is 4.61. The van der Waals surface area contributed by atoms with E-state index in [1.54, 1.807) is 0 Å². The molecule has 0 fully saturated rings. The molecule has 0 heterocycles. The second-order valence-electron chi connectivity index (χ2n) is 2.25. The predicted molar refractivity (Wildman–Crippen MR) is 56.8 cm³/mol. The summed E-state index contributed by atoms with van der Waals surface area (Å²) < 4.78 is 81.7. The maximum absolute atomic E-state index is 10.7. The van der Waals surface area contributed by atoms with E-state index in [0.717, 1.165) is 5.02 Å². The first-order valence-corrected chi connectivity index (χ1v) is 6.13. The molecule has 0 aliphatic carbocycles. The van der Waals surface area contributed by atoms with Gasteiger partial charge in [0.15, 0.2) is 0 Å². The summed E-state index contributed by atoms with van der Waals surface area (Å²) in [5.41, 5.74) is 0. The van der Waals surface area contributed by atoms with Gasteiger partial charge >= 0.3 is 66.9 Å². The number of benzene rings is 1. The van der Waals surface area contributed by atoms with Crippen LogP contribution in [-0.2, 0) is 31.0 Å². The summed E-state index contributed by atoms with van der Waals surface area (Å²) in [4.78, 5) is 0. The van der Waals surface area contributed by atoms with Crippen LogP contribution in [-0.4, -0.2) is 0 Å². The van der Waals surface area contributed by atoms with Crippen molar-refractivity contribution in [2.45, 2.75) is 0 Å². The van der Waals surface area contributed by atoms with Crippen LogP contribution in [0.3, 0.4) is 0 Å². The van der Waals surface area contributed by atoms with Crippen LogP contribution in [0.5, 0.6) is 0 Å². The summed E-state index contributed by atoms with van der Waals surface area (Å²) in [7, 11) is -10.7. The van der Waals surface area contributed by atoms with Gasteiger partial charge in [0.2, 0.25) is 0 Å². The molecule has 121 valence electrons. The Balaban J connectivity index is -0.0000000579. The first-order chi connectivity index (χ1) is 8.84. The molecule has 0 aromatic heterocycles. The zero-order chi connectivity index (χ0) is 17.5. The van der Waals surface area contributed by atoms with E-state index in [4.69, 9.17) is 25.6 Å². The van der Waals surface area contributed by atoms with Crippen LogP contribution in [0, 0.1) is 20.0 Å². The molecule has 1 radical (unpaired) electrons. The maximum Gasteiger partial charge on any atom is 0 e. The Morgan fingerprint density at radius 3 is 1.00 bits per heavy atom. The summed E-state index contributed by atoms with van der Waals surface area (Å²) in [6.07, 6.45) is 0. The molecule has 0 amide bonds. The standard InChI is InChI=1S/C6H5Cl.3CO.F6P.Mn/c7-6-4-2-1-3-5-6;3*1-2;1-7(2,3,4,5)6;/h1-5H;;;;;/q;;;;-1;. The quantitative estimate of drug-likeness (QED) is 0.180. The van der Waals surface area contributed by atoms with E-state index in [0.29, 0.717) is 0 Å². The van der Waals surface area contributed by atoms with Crippen molar-refractivity contribution in [2.75, 3.05) is 0 Å². The average molecular weight is 396 g/mol. The van der Waals surface area contributed by atoms with Gasteiger partial charge in [-0.1, -0.05) is 29.8 Å². The largest absolute Gasteiger partial charge is 0 e. The van der Waals surface area contributed by atoms with Gasteiger partial charge in [-0.3, -0.25) is 0 Å². The van der Waals surface area contributed by atoms with Crippen molar-refractivity contribution in [3.8, 4) is 0 Å². The molecule has 1 rings (SSSR count). The van der Waals surface area contributed by atoms with Gasteiger partial charge in [-0.15, -0.1) is 0 Å². The fourth-order valence-corrected chi connectivity index (χ4v) is 0.560. The molecule has 1 aromatic rings. The van der Waals surface area contributed by atoms with Gasteiger partial charge in [0, 0.05) is 22.1 Å². The summed E-state index contributed by atoms with van der Waals surface area (Å²) in [5.74, 6) is 0. The Hall–Kier alpha value is -0.741. The monoisotopic (exact) mass is 396 g/mol. The van der Waals surface area contributed by atoms with Gasteiger partial charge in [0.1, 0.15) is 0 Å². The molecular formula is C9H5ClF6MnO3P-. The van der Waals surface area contributed by atoms with Crippen molar-refractivity contribution in [1.29, 1.82) is 0 Å². The SMILES string of the molecule is Clc1ccccc1.F[P-](F)(F)(F)(F)F.[C-]#[O+].[C-]#[O+].[C-]#[O+].[Mn]. The van der Waals surface area contributed by atoms with E-state index < -0.39 is 7.81 Å². The molecule has 0 saturated carbocycles. The van der Waals surface area contributed by atoms with E-state index in [-0.39, 0.29) is 17.1 Å². The molecule has 0 aliphatic rings. The number of hydrogen-bond donors (Lipinski definition) is 0. The average Bonchev–Trinajstić information content (AvgIpc) is 2.34. The van der Waals surface area contributed by atoms with Gasteiger partial charge in [-0.05, 0) is 12.1 Å². The Kier molecular flexibility index (Phi) is 19.9. The fourth-order valence-electron chi connectivity index (χ4n) is 0.415. The minimum absolute atomic E-state index is 0. The van der Waals surface area contributed by atoms with Crippen molar-refractivity contribution >= 4 is 19.4 Å². The van der Waals surface area contributed by atoms with Crippen molar-refractivity contribution in [3.63, 3.8) is 0 Å². The Morgan fingerprint density at radius 1 is 0.714 bits per heavy atom. The van der Waals surface area contributed by atoms with Gasteiger partial charge in [-0.2, -0.15) is 0 Å². The van der Waals surface area contributed by atoms with Crippen molar-refractivity contribution in [2.24, 2.45) is 0 Å². The summed E-state index contributed by atoms with van der Waals surface area (Å²) in [6.45, 7) is 13.5. The molecule has 0 aliphatic heterocycles. The first kappa shape index (κ1) is 32.3. The van der Waals surface area contributed by atoms with Gasteiger partial charge in [-0.25, -0.2) is 0 Å². The van der Waals surface area contributed by atoms with Crippen LogP contribution in [0.4, 0.5) is 25.2 Å². The molecule has 0 spiro atoms. The normalized spacial score (nSPS) is 10.9. The molecule has 0 unspecified atom stereocenters. The van der Waals surface area contributed by atoms with Crippen LogP contribution in [0.15, 0.2) is 30.3 Å². The van der Waals surface area contributed by atoms with Crippen molar-refractivity contribution in [3.05, 3.63) is 55.3 Å². The number of hydrogen-bond acceptors (Lipinski definition) is 0. The third-order valence-corrected chi connectivity index (χ3v) is 0.985. The zero-order valence-corrected chi connectivity index (χ0v) is 12.4. The Morgan fingerprint density at radius 2 is 0.905 bits per heavy atom. The molecule has 21 heavy (non-hydrogen) atoms. The third-order valence-electron chi connectivity index (χ3n) is 0.733. The molecule has 3 nitrogen and oxygen atoms in total. The second kappa shape index (κ2) is 13.0. The maximum atomic E-state index is 9.87. The van der Waals surface area contributed by atoms with Gasteiger partial charge in [0.25, 0.3) is 0 Å². The molecule has 0 N–H and O–H groups in total.